The Morgan fingerprint density at radius 2 is 2.05 bits per heavy atom. The molecule has 0 radical (unpaired) electrons. The van der Waals surface area contributed by atoms with Crippen LogP contribution in [0.4, 0.5) is 11.6 Å². The molecule has 38 heavy (non-hydrogen) atoms. The van der Waals surface area contributed by atoms with Gasteiger partial charge < -0.3 is 31.4 Å². The highest BCUT2D eigenvalue weighted by Gasteiger charge is 2.31. The number of nitrogen functional groups attached to an aromatic ring is 1. The molecule has 3 heterocycles. The van der Waals surface area contributed by atoms with E-state index in [0.717, 1.165) is 28.9 Å². The predicted octanol–water partition coefficient (Wildman–Crippen LogP) is 3.18. The van der Waals surface area contributed by atoms with Crippen LogP contribution in [0.25, 0.3) is 23.0 Å². The molecule has 3 aromatic heterocycles. The van der Waals surface area contributed by atoms with Gasteiger partial charge in [-0.05, 0) is 44.5 Å². The third-order valence-corrected chi connectivity index (χ3v) is 7.11. The molecule has 1 saturated carbocycles. The van der Waals surface area contributed by atoms with Gasteiger partial charge in [0.2, 0.25) is 0 Å². The third-order valence-electron chi connectivity index (χ3n) is 7.11. The molecule has 0 spiro atoms. The predicted molar refractivity (Wildman–Crippen MR) is 149 cm³/mol. The zero-order valence-corrected chi connectivity index (χ0v) is 21.9. The number of nitrogens with one attached hydrogen (secondary N) is 1. The SMILES string of the molecule is CC(C)n1cc(-c2cc(N(C)Cc3ccccc3)n3ncc(C(=O)NC4CCC4O)c3n2)c(/C=C\N)c1N. The number of fused-ring (bicyclic) bond motifs is 1. The molecule has 1 aromatic carbocycles. The quantitative estimate of drug-likeness (QED) is 0.283. The Morgan fingerprint density at radius 1 is 1.29 bits per heavy atom. The Balaban J connectivity index is 1.66. The first-order valence-corrected chi connectivity index (χ1v) is 12.8. The Labute approximate surface area is 221 Å². The Hall–Kier alpha value is -4.31. The second-order valence-corrected chi connectivity index (χ2v) is 10.1. The summed E-state index contributed by atoms with van der Waals surface area (Å²) in [5, 5.41) is 17.4. The lowest BCUT2D eigenvalue weighted by atomic mass is 9.89. The van der Waals surface area contributed by atoms with Gasteiger partial charge in [0.15, 0.2) is 5.65 Å². The third kappa shape index (κ3) is 4.58. The van der Waals surface area contributed by atoms with Gasteiger partial charge in [-0.1, -0.05) is 30.3 Å². The minimum atomic E-state index is -0.527. The van der Waals surface area contributed by atoms with Crippen LogP contribution in [-0.2, 0) is 6.54 Å². The number of hydrogen-bond donors (Lipinski definition) is 4. The van der Waals surface area contributed by atoms with Gasteiger partial charge in [0, 0.05) is 43.0 Å². The van der Waals surface area contributed by atoms with Gasteiger partial charge in [0.1, 0.15) is 17.2 Å². The molecule has 0 saturated heterocycles. The van der Waals surface area contributed by atoms with Crippen LogP contribution in [0.3, 0.4) is 0 Å². The summed E-state index contributed by atoms with van der Waals surface area (Å²) in [4.78, 5) is 20.2. The van der Waals surface area contributed by atoms with Crippen LogP contribution in [0.2, 0.25) is 0 Å². The van der Waals surface area contributed by atoms with Gasteiger partial charge in [-0.2, -0.15) is 9.61 Å². The van der Waals surface area contributed by atoms with Crippen molar-refractivity contribution in [2.45, 2.75) is 51.4 Å². The summed E-state index contributed by atoms with van der Waals surface area (Å²) in [6, 6.07) is 11.9. The summed E-state index contributed by atoms with van der Waals surface area (Å²) in [5.41, 5.74) is 16.4. The number of amides is 1. The molecule has 4 aromatic rings. The van der Waals surface area contributed by atoms with E-state index in [-0.39, 0.29) is 18.0 Å². The summed E-state index contributed by atoms with van der Waals surface area (Å²) in [7, 11) is 1.98. The summed E-state index contributed by atoms with van der Waals surface area (Å²) in [6.45, 7) is 4.74. The molecule has 2 atom stereocenters. The van der Waals surface area contributed by atoms with Crippen molar-refractivity contribution < 1.29 is 9.90 Å². The van der Waals surface area contributed by atoms with Crippen molar-refractivity contribution in [1.82, 2.24) is 24.5 Å². The van der Waals surface area contributed by atoms with Gasteiger partial charge in [-0.15, -0.1) is 0 Å². The fourth-order valence-electron chi connectivity index (χ4n) is 4.81. The van der Waals surface area contributed by atoms with E-state index in [0.29, 0.717) is 35.7 Å². The lowest BCUT2D eigenvalue weighted by Crippen LogP contribution is -2.50. The van der Waals surface area contributed by atoms with E-state index in [1.807, 2.05) is 42.1 Å². The fourth-order valence-corrected chi connectivity index (χ4v) is 4.81. The molecular weight excluding hydrogens is 480 g/mol. The smallest absolute Gasteiger partial charge is 0.257 e. The number of aliphatic hydroxyl groups is 1. The van der Waals surface area contributed by atoms with Crippen molar-refractivity contribution in [1.29, 1.82) is 0 Å². The van der Waals surface area contributed by atoms with Crippen LogP contribution in [-0.4, -0.2) is 49.4 Å². The number of rotatable bonds is 8. The number of carbonyl (C=O) groups excluding carboxylic acids is 1. The molecule has 1 aliphatic carbocycles. The van der Waals surface area contributed by atoms with E-state index in [1.54, 1.807) is 10.6 Å². The number of nitrogens with two attached hydrogens (primary N) is 2. The average molecular weight is 515 g/mol. The number of nitrogens with zero attached hydrogens (tertiary/aromatic N) is 5. The molecule has 10 heteroatoms. The summed E-state index contributed by atoms with van der Waals surface area (Å²) >= 11 is 0. The van der Waals surface area contributed by atoms with Crippen molar-refractivity contribution in [3.05, 3.63) is 71.7 Å². The molecule has 0 bridgehead atoms. The average Bonchev–Trinajstić information content (AvgIpc) is 3.48. The Morgan fingerprint density at radius 3 is 2.68 bits per heavy atom. The second kappa shape index (κ2) is 10.2. The molecule has 0 aliphatic heterocycles. The second-order valence-electron chi connectivity index (χ2n) is 10.1. The minimum Gasteiger partial charge on any atom is -0.405 e. The lowest BCUT2D eigenvalue weighted by molar-refractivity contribution is 0.0448. The van der Waals surface area contributed by atoms with Gasteiger partial charge in [0.25, 0.3) is 5.91 Å². The normalized spacial score (nSPS) is 17.3. The standard InChI is InChI=1S/C28H34N8O2/c1-17(2)35-16-21(19(11-12-29)26(35)30)23-13-25(34(3)15-18-7-5-4-6-8-18)36-27(32-23)20(14-31-36)28(38)33-22-9-10-24(22)37/h4-8,11-14,16-17,22,24,37H,9-10,15,29-30H2,1-3H3,(H,33,38)/b12-11-. The maximum absolute atomic E-state index is 13.2. The Bertz CT molecular complexity index is 1490. The van der Waals surface area contributed by atoms with E-state index >= 15 is 0 Å². The van der Waals surface area contributed by atoms with Crippen molar-refractivity contribution in [3.8, 4) is 11.3 Å². The topological polar surface area (TPSA) is 140 Å². The van der Waals surface area contributed by atoms with Gasteiger partial charge in [-0.3, -0.25) is 4.79 Å². The fraction of sp³-hybridized carbons (Fsp3) is 0.321. The zero-order valence-electron chi connectivity index (χ0n) is 21.9. The van der Waals surface area contributed by atoms with Crippen LogP contribution >= 0.6 is 0 Å². The van der Waals surface area contributed by atoms with Crippen LogP contribution in [0.5, 0.6) is 0 Å². The maximum Gasteiger partial charge on any atom is 0.257 e. The van der Waals surface area contributed by atoms with Crippen LogP contribution in [0.1, 0.15) is 54.2 Å². The number of aliphatic hydroxyl groups excluding tert-OH is 1. The van der Waals surface area contributed by atoms with E-state index in [9.17, 15) is 9.90 Å². The molecule has 2 unspecified atom stereocenters. The van der Waals surface area contributed by atoms with E-state index in [1.165, 1.54) is 12.4 Å². The minimum absolute atomic E-state index is 0.128. The van der Waals surface area contributed by atoms with E-state index in [2.05, 4.69) is 41.3 Å². The number of hydrogen-bond acceptors (Lipinski definition) is 7. The number of carbonyl (C=O) groups is 1. The summed E-state index contributed by atoms with van der Waals surface area (Å²) in [5.74, 6) is 1.03. The first kappa shape index (κ1) is 25.3. The van der Waals surface area contributed by atoms with Crippen molar-refractivity contribution in [3.63, 3.8) is 0 Å². The molecule has 1 fully saturated rings. The van der Waals surface area contributed by atoms with Crippen LogP contribution < -0.4 is 21.7 Å². The number of anilines is 2. The first-order valence-electron chi connectivity index (χ1n) is 12.8. The van der Waals surface area contributed by atoms with Crippen molar-refractivity contribution in [2.24, 2.45) is 5.73 Å². The maximum atomic E-state index is 13.2. The number of aromatic nitrogens is 4. The highest BCUT2D eigenvalue weighted by molar-refractivity contribution is 6.00. The molecular formula is C28H34N8O2. The molecule has 198 valence electrons. The van der Waals surface area contributed by atoms with Gasteiger partial charge >= 0.3 is 0 Å². The molecule has 5 rings (SSSR count). The van der Waals surface area contributed by atoms with Crippen LogP contribution in [0, 0.1) is 0 Å². The molecule has 1 amide bonds. The monoisotopic (exact) mass is 514 g/mol. The first-order chi connectivity index (χ1) is 18.3. The van der Waals surface area contributed by atoms with Crippen LogP contribution in [0.15, 0.2) is 55.0 Å². The molecule has 1 aliphatic rings. The summed E-state index contributed by atoms with van der Waals surface area (Å²) in [6.07, 6.45) is 7.62. The zero-order chi connectivity index (χ0) is 27.0. The lowest BCUT2D eigenvalue weighted by Gasteiger charge is -2.32. The van der Waals surface area contributed by atoms with E-state index in [4.69, 9.17) is 16.5 Å². The van der Waals surface area contributed by atoms with E-state index < -0.39 is 6.10 Å². The Kier molecular flexibility index (Phi) is 6.81. The largest absolute Gasteiger partial charge is 0.405 e. The highest BCUT2D eigenvalue weighted by Crippen LogP contribution is 2.35. The number of benzene rings is 1. The van der Waals surface area contributed by atoms with Crippen molar-refractivity contribution >= 4 is 29.3 Å². The van der Waals surface area contributed by atoms with Gasteiger partial charge in [0.05, 0.1) is 24.0 Å². The van der Waals surface area contributed by atoms with Gasteiger partial charge in [-0.25, -0.2) is 4.98 Å². The van der Waals surface area contributed by atoms with Crippen molar-refractivity contribution in [2.75, 3.05) is 17.7 Å². The summed E-state index contributed by atoms with van der Waals surface area (Å²) < 4.78 is 3.66. The molecule has 6 N–H and O–H groups in total. The highest BCUT2D eigenvalue weighted by atomic mass is 16.3. The molecule has 10 nitrogen and oxygen atoms in total.